The molecule has 3 heterocycles. The lowest BCUT2D eigenvalue weighted by Gasteiger charge is -2.31. The SMILES string of the molecule is COc1ccc(C2CCCN2C(=O)CN2CCCC2CN2CCCC2)c(OC)c1. The van der Waals surface area contributed by atoms with Crippen LogP contribution >= 0.6 is 0 Å². The highest BCUT2D eigenvalue weighted by Crippen LogP contribution is 2.39. The Morgan fingerprint density at radius 2 is 1.79 bits per heavy atom. The van der Waals surface area contributed by atoms with Crippen LogP contribution in [0.4, 0.5) is 0 Å². The molecule has 6 nitrogen and oxygen atoms in total. The van der Waals surface area contributed by atoms with Gasteiger partial charge >= 0.3 is 0 Å². The number of likely N-dealkylation sites (tertiary alicyclic amines) is 3. The van der Waals surface area contributed by atoms with E-state index in [1.807, 2.05) is 12.1 Å². The molecule has 0 aliphatic carbocycles. The van der Waals surface area contributed by atoms with E-state index in [0.29, 0.717) is 12.6 Å². The van der Waals surface area contributed by atoms with E-state index in [9.17, 15) is 4.79 Å². The topological polar surface area (TPSA) is 45.2 Å². The fraction of sp³-hybridized carbons (Fsp3) is 0.696. The second-order valence-electron chi connectivity index (χ2n) is 8.63. The number of rotatable bonds is 7. The maximum absolute atomic E-state index is 13.3. The first-order valence-electron chi connectivity index (χ1n) is 11.2. The molecule has 0 saturated carbocycles. The summed E-state index contributed by atoms with van der Waals surface area (Å²) in [5.74, 6) is 1.85. The number of methoxy groups -OCH3 is 2. The van der Waals surface area contributed by atoms with Crippen LogP contribution in [0.25, 0.3) is 0 Å². The highest BCUT2D eigenvalue weighted by Gasteiger charge is 2.35. The van der Waals surface area contributed by atoms with Gasteiger partial charge in [-0.05, 0) is 70.3 Å². The lowest BCUT2D eigenvalue weighted by Crippen LogP contribution is -2.45. The number of carbonyl (C=O) groups is 1. The van der Waals surface area contributed by atoms with Crippen LogP contribution in [0.15, 0.2) is 18.2 Å². The second kappa shape index (κ2) is 9.35. The van der Waals surface area contributed by atoms with Crippen LogP contribution in [0.2, 0.25) is 0 Å². The predicted octanol–water partition coefficient (Wildman–Crippen LogP) is 2.93. The van der Waals surface area contributed by atoms with E-state index in [4.69, 9.17) is 9.47 Å². The first-order chi connectivity index (χ1) is 14.2. The van der Waals surface area contributed by atoms with Gasteiger partial charge in [-0.25, -0.2) is 0 Å². The quantitative estimate of drug-likeness (QED) is 0.703. The Morgan fingerprint density at radius 1 is 1.00 bits per heavy atom. The average molecular weight is 402 g/mol. The third kappa shape index (κ3) is 4.53. The number of amides is 1. The zero-order chi connectivity index (χ0) is 20.2. The van der Waals surface area contributed by atoms with Gasteiger partial charge in [0.25, 0.3) is 0 Å². The highest BCUT2D eigenvalue weighted by molar-refractivity contribution is 5.79. The molecule has 0 aromatic heterocycles. The van der Waals surface area contributed by atoms with Gasteiger partial charge in [-0.1, -0.05) is 0 Å². The van der Waals surface area contributed by atoms with Crippen molar-refractivity contribution in [3.05, 3.63) is 23.8 Å². The molecule has 3 aliphatic rings. The summed E-state index contributed by atoms with van der Waals surface area (Å²) in [5, 5.41) is 0. The zero-order valence-electron chi connectivity index (χ0n) is 17.9. The summed E-state index contributed by atoms with van der Waals surface area (Å²) >= 11 is 0. The molecule has 0 N–H and O–H groups in total. The maximum Gasteiger partial charge on any atom is 0.237 e. The van der Waals surface area contributed by atoms with Crippen molar-refractivity contribution < 1.29 is 14.3 Å². The van der Waals surface area contributed by atoms with Gasteiger partial charge in [0.15, 0.2) is 0 Å². The van der Waals surface area contributed by atoms with Crippen LogP contribution in [0, 0.1) is 0 Å². The number of hydrogen-bond donors (Lipinski definition) is 0. The zero-order valence-corrected chi connectivity index (χ0v) is 17.9. The van der Waals surface area contributed by atoms with Crippen LogP contribution in [0.5, 0.6) is 11.5 Å². The van der Waals surface area contributed by atoms with Crippen molar-refractivity contribution in [2.45, 2.75) is 50.6 Å². The fourth-order valence-electron chi connectivity index (χ4n) is 5.32. The maximum atomic E-state index is 13.3. The molecule has 1 aromatic carbocycles. The molecule has 160 valence electrons. The van der Waals surface area contributed by atoms with E-state index in [1.165, 1.54) is 38.8 Å². The van der Waals surface area contributed by atoms with Gasteiger partial charge in [-0.15, -0.1) is 0 Å². The van der Waals surface area contributed by atoms with Crippen molar-refractivity contribution in [1.29, 1.82) is 0 Å². The molecule has 1 aromatic rings. The van der Waals surface area contributed by atoms with Crippen molar-refractivity contribution >= 4 is 5.91 Å². The molecule has 2 unspecified atom stereocenters. The molecule has 6 heteroatoms. The summed E-state index contributed by atoms with van der Waals surface area (Å²) in [4.78, 5) is 20.4. The first-order valence-corrected chi connectivity index (χ1v) is 11.2. The molecule has 3 saturated heterocycles. The number of ether oxygens (including phenoxy) is 2. The lowest BCUT2D eigenvalue weighted by molar-refractivity contribution is -0.133. The van der Waals surface area contributed by atoms with Gasteiger partial charge in [-0.2, -0.15) is 0 Å². The number of carbonyl (C=O) groups excluding carboxylic acids is 1. The van der Waals surface area contributed by atoms with E-state index in [-0.39, 0.29) is 11.9 Å². The van der Waals surface area contributed by atoms with Crippen molar-refractivity contribution in [3.8, 4) is 11.5 Å². The largest absolute Gasteiger partial charge is 0.497 e. The van der Waals surface area contributed by atoms with E-state index < -0.39 is 0 Å². The molecule has 3 fully saturated rings. The van der Waals surface area contributed by atoms with Crippen molar-refractivity contribution in [3.63, 3.8) is 0 Å². The van der Waals surface area contributed by atoms with E-state index in [1.54, 1.807) is 14.2 Å². The van der Waals surface area contributed by atoms with Gasteiger partial charge < -0.3 is 19.3 Å². The Bertz CT molecular complexity index is 705. The van der Waals surface area contributed by atoms with Crippen LogP contribution in [0.3, 0.4) is 0 Å². The van der Waals surface area contributed by atoms with Crippen molar-refractivity contribution in [1.82, 2.24) is 14.7 Å². The summed E-state index contributed by atoms with van der Waals surface area (Å²) in [5.41, 5.74) is 1.09. The van der Waals surface area contributed by atoms with Gasteiger partial charge in [-0.3, -0.25) is 9.69 Å². The van der Waals surface area contributed by atoms with Crippen LogP contribution in [-0.4, -0.2) is 80.1 Å². The standard InChI is InChI=1S/C23H35N3O3/c1-28-19-9-10-20(22(15-19)29-2)21-8-6-14-26(21)23(27)17-25-13-5-7-18(25)16-24-11-3-4-12-24/h9-10,15,18,21H,3-8,11-14,16-17H2,1-2H3. The Morgan fingerprint density at radius 3 is 2.55 bits per heavy atom. The van der Waals surface area contributed by atoms with E-state index in [2.05, 4.69) is 20.8 Å². The Balaban J connectivity index is 1.42. The smallest absolute Gasteiger partial charge is 0.237 e. The molecule has 0 radical (unpaired) electrons. The monoisotopic (exact) mass is 401 g/mol. The number of nitrogens with zero attached hydrogens (tertiary/aromatic N) is 3. The molecule has 0 spiro atoms. The summed E-state index contributed by atoms with van der Waals surface area (Å²) in [6, 6.07) is 6.57. The Hall–Kier alpha value is -1.79. The van der Waals surface area contributed by atoms with Gasteiger partial charge in [0.05, 0.1) is 26.8 Å². The number of hydrogen-bond acceptors (Lipinski definition) is 5. The average Bonchev–Trinajstić information content (AvgIpc) is 3.50. The van der Waals surface area contributed by atoms with Crippen LogP contribution in [0.1, 0.15) is 50.1 Å². The van der Waals surface area contributed by atoms with Crippen molar-refractivity contribution in [2.75, 3.05) is 53.5 Å². The minimum absolute atomic E-state index is 0.1000. The molecule has 1 amide bonds. The van der Waals surface area contributed by atoms with E-state index >= 15 is 0 Å². The summed E-state index contributed by atoms with van der Waals surface area (Å²) in [6.07, 6.45) is 7.12. The summed E-state index contributed by atoms with van der Waals surface area (Å²) < 4.78 is 11.0. The fourth-order valence-corrected chi connectivity index (χ4v) is 5.32. The summed E-state index contributed by atoms with van der Waals surface area (Å²) in [6.45, 7) is 6.02. The summed E-state index contributed by atoms with van der Waals surface area (Å²) in [7, 11) is 3.35. The molecule has 29 heavy (non-hydrogen) atoms. The minimum atomic E-state index is 0.1000. The molecule has 3 aliphatic heterocycles. The van der Waals surface area contributed by atoms with Crippen LogP contribution in [-0.2, 0) is 4.79 Å². The molecular weight excluding hydrogens is 366 g/mol. The van der Waals surface area contributed by atoms with Gasteiger partial charge in [0.1, 0.15) is 11.5 Å². The minimum Gasteiger partial charge on any atom is -0.497 e. The predicted molar refractivity (Wildman–Crippen MR) is 114 cm³/mol. The Labute approximate surface area is 174 Å². The van der Waals surface area contributed by atoms with Crippen molar-refractivity contribution in [2.24, 2.45) is 0 Å². The van der Waals surface area contributed by atoms with Crippen LogP contribution < -0.4 is 9.47 Å². The van der Waals surface area contributed by atoms with Gasteiger partial charge in [0.2, 0.25) is 5.91 Å². The molecule has 0 bridgehead atoms. The van der Waals surface area contributed by atoms with Gasteiger partial charge in [0, 0.05) is 30.8 Å². The molecule has 2 atom stereocenters. The number of benzene rings is 1. The third-order valence-electron chi connectivity index (χ3n) is 6.88. The highest BCUT2D eigenvalue weighted by atomic mass is 16.5. The Kier molecular flexibility index (Phi) is 6.60. The first kappa shape index (κ1) is 20.5. The second-order valence-corrected chi connectivity index (χ2v) is 8.63. The molecular formula is C23H35N3O3. The normalized spacial score (nSPS) is 25.7. The third-order valence-corrected chi connectivity index (χ3v) is 6.88. The lowest BCUT2D eigenvalue weighted by atomic mass is 10.0. The molecule has 4 rings (SSSR count). The van der Waals surface area contributed by atoms with E-state index in [0.717, 1.165) is 49.5 Å².